The summed E-state index contributed by atoms with van der Waals surface area (Å²) in [5.41, 5.74) is 7.59. The molecule has 0 saturated heterocycles. The molecule has 0 aliphatic heterocycles. The molecule has 0 amide bonds. The smallest absolute Gasteiger partial charge is 0.193 e. The number of ether oxygens (including phenoxy) is 2. The largest absolute Gasteiger partial charge is 0.497 e. The van der Waals surface area contributed by atoms with E-state index in [9.17, 15) is 0 Å². The minimum Gasteiger partial charge on any atom is -0.497 e. The van der Waals surface area contributed by atoms with E-state index in [1.54, 1.807) is 7.11 Å². The maximum Gasteiger partial charge on any atom is 0.193 e. The Morgan fingerprint density at radius 3 is 2.85 bits per heavy atom. The van der Waals surface area contributed by atoms with Crippen LogP contribution in [0.25, 0.3) is 0 Å². The molecule has 0 unspecified atom stereocenters. The van der Waals surface area contributed by atoms with Crippen LogP contribution in [0.4, 0.5) is 5.69 Å². The number of nitrogens with zero attached hydrogens (tertiary/aromatic N) is 1. The number of guanidine groups is 1. The topological polar surface area (TPSA) is 68.9 Å². The number of hydrogen-bond donors (Lipinski definition) is 2. The number of nitrogens with one attached hydrogen (secondary N) is 1. The Hall–Kier alpha value is -1.28. The van der Waals surface area contributed by atoms with Gasteiger partial charge in [0.1, 0.15) is 5.75 Å². The lowest BCUT2D eigenvalue weighted by Gasteiger charge is -2.07. The predicted octanol–water partition coefficient (Wildman–Crippen LogP) is 2.63. The Morgan fingerprint density at radius 2 is 2.20 bits per heavy atom. The van der Waals surface area contributed by atoms with Crippen molar-refractivity contribution < 1.29 is 9.47 Å². The zero-order chi connectivity index (χ0) is 14.1. The SMILES string of the molecule is C=C(C)COCCN=C(N)Nc1cccc(OC)c1.I. The van der Waals surface area contributed by atoms with Crippen molar-refractivity contribution in [2.24, 2.45) is 10.7 Å². The third kappa shape index (κ3) is 8.00. The first-order valence-corrected chi connectivity index (χ1v) is 6.05. The van der Waals surface area contributed by atoms with Gasteiger partial charge in [-0.15, -0.1) is 24.0 Å². The molecule has 0 aliphatic rings. The zero-order valence-corrected chi connectivity index (χ0v) is 14.2. The fraction of sp³-hybridized carbons (Fsp3) is 0.357. The number of rotatable bonds is 7. The van der Waals surface area contributed by atoms with E-state index in [2.05, 4.69) is 16.9 Å². The lowest BCUT2D eigenvalue weighted by molar-refractivity contribution is 0.165. The van der Waals surface area contributed by atoms with Gasteiger partial charge in [0.15, 0.2) is 5.96 Å². The molecule has 1 aromatic rings. The van der Waals surface area contributed by atoms with Crippen molar-refractivity contribution in [3.05, 3.63) is 36.4 Å². The van der Waals surface area contributed by atoms with Crippen molar-refractivity contribution in [3.63, 3.8) is 0 Å². The standard InChI is InChI=1S/C14H21N3O2.HI/c1-11(2)10-19-8-7-16-14(15)17-12-5-4-6-13(9-12)18-3;/h4-6,9H,1,7-8,10H2,2-3H3,(H3,15,16,17);1H. The van der Waals surface area contributed by atoms with Gasteiger partial charge in [-0.1, -0.05) is 18.2 Å². The van der Waals surface area contributed by atoms with Crippen LogP contribution >= 0.6 is 24.0 Å². The van der Waals surface area contributed by atoms with Crippen LogP contribution < -0.4 is 15.8 Å². The highest BCUT2D eigenvalue weighted by atomic mass is 127. The maximum absolute atomic E-state index is 5.76. The summed E-state index contributed by atoms with van der Waals surface area (Å²) in [6.07, 6.45) is 0. The van der Waals surface area contributed by atoms with Gasteiger partial charge in [0, 0.05) is 11.8 Å². The summed E-state index contributed by atoms with van der Waals surface area (Å²) in [6.45, 7) is 7.25. The molecule has 0 spiro atoms. The number of methoxy groups -OCH3 is 1. The van der Waals surface area contributed by atoms with Gasteiger partial charge in [-0.05, 0) is 19.1 Å². The lowest BCUT2D eigenvalue weighted by atomic mass is 10.3. The van der Waals surface area contributed by atoms with Crippen LogP contribution in [0, 0.1) is 0 Å². The average molecular weight is 391 g/mol. The summed E-state index contributed by atoms with van der Waals surface area (Å²) in [5.74, 6) is 1.12. The van der Waals surface area contributed by atoms with Gasteiger partial charge in [-0.2, -0.15) is 0 Å². The van der Waals surface area contributed by atoms with Crippen LogP contribution in [0.2, 0.25) is 0 Å². The number of aliphatic imine (C=N–C) groups is 1. The average Bonchev–Trinajstić information content (AvgIpc) is 2.38. The van der Waals surface area contributed by atoms with E-state index in [1.165, 1.54) is 0 Å². The molecular formula is C14H22IN3O2. The molecule has 20 heavy (non-hydrogen) atoms. The third-order valence-electron chi connectivity index (χ3n) is 2.21. The number of benzene rings is 1. The van der Waals surface area contributed by atoms with Crippen molar-refractivity contribution >= 4 is 35.6 Å². The normalized spacial score (nSPS) is 10.6. The quantitative estimate of drug-likeness (QED) is 0.247. The monoisotopic (exact) mass is 391 g/mol. The van der Waals surface area contributed by atoms with Crippen LogP contribution in [-0.2, 0) is 4.74 Å². The van der Waals surface area contributed by atoms with Gasteiger partial charge >= 0.3 is 0 Å². The summed E-state index contributed by atoms with van der Waals surface area (Å²) >= 11 is 0. The summed E-state index contributed by atoms with van der Waals surface area (Å²) < 4.78 is 10.4. The number of anilines is 1. The van der Waals surface area contributed by atoms with Gasteiger partial charge in [-0.25, -0.2) is 0 Å². The number of hydrogen-bond acceptors (Lipinski definition) is 3. The molecule has 6 heteroatoms. The first kappa shape index (κ1) is 18.7. The van der Waals surface area contributed by atoms with E-state index in [1.807, 2.05) is 31.2 Å². The van der Waals surface area contributed by atoms with Gasteiger partial charge in [0.25, 0.3) is 0 Å². The highest BCUT2D eigenvalue weighted by Crippen LogP contribution is 2.16. The molecule has 3 N–H and O–H groups in total. The van der Waals surface area contributed by atoms with Crippen LogP contribution in [0.3, 0.4) is 0 Å². The minimum absolute atomic E-state index is 0. The van der Waals surface area contributed by atoms with Gasteiger partial charge in [0.2, 0.25) is 0 Å². The fourth-order valence-electron chi connectivity index (χ4n) is 1.37. The zero-order valence-electron chi connectivity index (χ0n) is 11.9. The van der Waals surface area contributed by atoms with Gasteiger partial charge in [-0.3, -0.25) is 4.99 Å². The van der Waals surface area contributed by atoms with Crippen LogP contribution in [-0.4, -0.2) is 32.8 Å². The fourth-order valence-corrected chi connectivity index (χ4v) is 1.37. The minimum atomic E-state index is 0. The summed E-state index contributed by atoms with van der Waals surface area (Å²) in [5, 5.41) is 2.99. The molecule has 5 nitrogen and oxygen atoms in total. The Kier molecular flexibility index (Phi) is 9.83. The molecule has 0 aliphatic carbocycles. The second kappa shape index (κ2) is 10.5. The molecule has 0 fully saturated rings. The second-order valence-electron chi connectivity index (χ2n) is 4.13. The molecule has 1 aromatic carbocycles. The number of nitrogens with two attached hydrogens (primary N) is 1. The van der Waals surface area contributed by atoms with Gasteiger partial charge < -0.3 is 20.5 Å². The first-order valence-electron chi connectivity index (χ1n) is 6.05. The Labute approximate surface area is 137 Å². The molecular weight excluding hydrogens is 369 g/mol. The molecule has 1 rings (SSSR count). The summed E-state index contributed by atoms with van der Waals surface area (Å²) in [7, 11) is 1.62. The van der Waals surface area contributed by atoms with Crippen molar-refractivity contribution in [1.29, 1.82) is 0 Å². The highest BCUT2D eigenvalue weighted by molar-refractivity contribution is 14.0. The maximum atomic E-state index is 5.76. The van der Waals surface area contributed by atoms with E-state index >= 15 is 0 Å². The predicted molar refractivity (Wildman–Crippen MR) is 94.2 cm³/mol. The Morgan fingerprint density at radius 1 is 1.45 bits per heavy atom. The van der Waals surface area contributed by atoms with Crippen molar-refractivity contribution in [2.75, 3.05) is 32.2 Å². The second-order valence-corrected chi connectivity index (χ2v) is 4.13. The lowest BCUT2D eigenvalue weighted by Crippen LogP contribution is -2.23. The molecule has 0 saturated carbocycles. The first-order chi connectivity index (χ1) is 9.11. The molecule has 0 heterocycles. The van der Waals surface area contributed by atoms with Crippen LogP contribution in [0.5, 0.6) is 5.75 Å². The van der Waals surface area contributed by atoms with E-state index in [4.69, 9.17) is 15.2 Å². The van der Waals surface area contributed by atoms with Crippen molar-refractivity contribution in [1.82, 2.24) is 0 Å². The van der Waals surface area contributed by atoms with E-state index < -0.39 is 0 Å². The molecule has 0 aromatic heterocycles. The molecule has 0 atom stereocenters. The summed E-state index contributed by atoms with van der Waals surface area (Å²) in [4.78, 5) is 4.16. The molecule has 0 radical (unpaired) electrons. The Bertz CT molecular complexity index is 450. The van der Waals surface area contributed by atoms with E-state index in [0.29, 0.717) is 25.7 Å². The summed E-state index contributed by atoms with van der Waals surface area (Å²) in [6, 6.07) is 7.48. The van der Waals surface area contributed by atoms with E-state index in [-0.39, 0.29) is 24.0 Å². The van der Waals surface area contributed by atoms with E-state index in [0.717, 1.165) is 17.0 Å². The molecule has 112 valence electrons. The molecule has 0 bridgehead atoms. The van der Waals surface area contributed by atoms with Crippen LogP contribution in [0.1, 0.15) is 6.92 Å². The van der Waals surface area contributed by atoms with Crippen molar-refractivity contribution in [3.8, 4) is 5.75 Å². The third-order valence-corrected chi connectivity index (χ3v) is 2.21. The van der Waals surface area contributed by atoms with Gasteiger partial charge in [0.05, 0.1) is 26.9 Å². The van der Waals surface area contributed by atoms with Crippen molar-refractivity contribution in [2.45, 2.75) is 6.92 Å². The van der Waals surface area contributed by atoms with Crippen LogP contribution in [0.15, 0.2) is 41.4 Å². The number of halogens is 1. The highest BCUT2D eigenvalue weighted by Gasteiger charge is 1.97. The Balaban J connectivity index is 0.00000361.